The van der Waals surface area contributed by atoms with Crippen molar-refractivity contribution in [2.24, 2.45) is 0 Å². The zero-order valence-corrected chi connectivity index (χ0v) is 15.8. The van der Waals surface area contributed by atoms with Crippen molar-refractivity contribution in [1.82, 2.24) is 4.90 Å². The summed E-state index contributed by atoms with van der Waals surface area (Å²) in [4.78, 5) is 15.2. The Labute approximate surface area is 156 Å². The molecule has 1 aliphatic rings. The van der Waals surface area contributed by atoms with Crippen LogP contribution < -0.4 is 4.74 Å². The van der Waals surface area contributed by atoms with Crippen molar-refractivity contribution in [3.05, 3.63) is 54.6 Å². The minimum atomic E-state index is -1.48. The Morgan fingerprint density at radius 1 is 1.00 bits per heavy atom. The highest BCUT2D eigenvalue weighted by Crippen LogP contribution is 2.34. The van der Waals surface area contributed by atoms with Crippen LogP contribution in [0.3, 0.4) is 0 Å². The maximum Gasteiger partial charge on any atom is 0.325 e. The fraction of sp³-hybridized carbons (Fsp3) is 0.350. The minimum Gasteiger partial charge on any atom is -0.468 e. The lowest BCUT2D eigenvalue weighted by molar-refractivity contribution is -0.145. The molecule has 1 unspecified atom stereocenters. The third kappa shape index (κ3) is 3.81. The SMILES string of the molecule is COC(=O)C1(S(=O)c2ccc(Oc3ccccc3)cc2)CCN(C)CC1. The summed E-state index contributed by atoms with van der Waals surface area (Å²) in [5.41, 5.74) is 0. The number of para-hydroxylation sites is 1. The molecule has 1 heterocycles. The number of hydrogen-bond acceptors (Lipinski definition) is 5. The summed E-state index contributed by atoms with van der Waals surface area (Å²) in [6.45, 7) is 1.44. The molecule has 1 aliphatic heterocycles. The van der Waals surface area contributed by atoms with Gasteiger partial charge >= 0.3 is 5.97 Å². The topological polar surface area (TPSA) is 55.8 Å². The first-order valence-corrected chi connectivity index (χ1v) is 9.72. The van der Waals surface area contributed by atoms with Crippen LogP contribution >= 0.6 is 0 Å². The average molecular weight is 373 g/mol. The van der Waals surface area contributed by atoms with Gasteiger partial charge in [0.2, 0.25) is 0 Å². The van der Waals surface area contributed by atoms with E-state index >= 15 is 0 Å². The third-order valence-corrected chi connectivity index (χ3v) is 6.71. The molecule has 0 aliphatic carbocycles. The normalized spacial score (nSPS) is 18.1. The molecule has 0 spiro atoms. The Hall–Kier alpha value is -2.18. The summed E-state index contributed by atoms with van der Waals surface area (Å²) in [6, 6.07) is 16.5. The summed E-state index contributed by atoms with van der Waals surface area (Å²) >= 11 is 0. The number of rotatable bonds is 5. The molecule has 0 N–H and O–H groups in total. The lowest BCUT2D eigenvalue weighted by Gasteiger charge is -2.37. The number of likely N-dealkylation sites (tertiary alicyclic amines) is 1. The predicted molar refractivity (Wildman–Crippen MR) is 101 cm³/mol. The summed E-state index contributed by atoms with van der Waals surface area (Å²) in [7, 11) is 1.87. The molecule has 138 valence electrons. The molecule has 6 heteroatoms. The quantitative estimate of drug-likeness (QED) is 0.753. The van der Waals surface area contributed by atoms with E-state index in [2.05, 4.69) is 4.90 Å². The van der Waals surface area contributed by atoms with E-state index in [1.807, 2.05) is 37.4 Å². The number of ether oxygens (including phenoxy) is 2. The highest BCUT2D eigenvalue weighted by atomic mass is 32.2. The van der Waals surface area contributed by atoms with Crippen molar-refractivity contribution in [3.8, 4) is 11.5 Å². The molecular weight excluding hydrogens is 350 g/mol. The molecule has 0 aromatic heterocycles. The Bertz CT molecular complexity index is 768. The van der Waals surface area contributed by atoms with E-state index in [0.29, 0.717) is 23.5 Å². The molecule has 0 amide bonds. The van der Waals surface area contributed by atoms with Gasteiger partial charge in [0.15, 0.2) is 0 Å². The highest BCUT2D eigenvalue weighted by Gasteiger charge is 2.48. The van der Waals surface area contributed by atoms with Crippen LogP contribution in [0.4, 0.5) is 0 Å². The predicted octanol–water partition coefficient (Wildman–Crippen LogP) is 3.22. The molecule has 0 radical (unpaired) electrons. The Morgan fingerprint density at radius 2 is 1.58 bits per heavy atom. The Kier molecular flexibility index (Phi) is 5.74. The van der Waals surface area contributed by atoms with Crippen molar-refractivity contribution in [2.75, 3.05) is 27.2 Å². The van der Waals surface area contributed by atoms with E-state index in [0.717, 1.165) is 18.8 Å². The van der Waals surface area contributed by atoms with Gasteiger partial charge in [-0.2, -0.15) is 0 Å². The van der Waals surface area contributed by atoms with Crippen LogP contribution in [0.2, 0.25) is 0 Å². The zero-order valence-electron chi connectivity index (χ0n) is 15.0. The molecule has 3 rings (SSSR count). The second kappa shape index (κ2) is 8.01. The Balaban J connectivity index is 1.80. The molecule has 2 aromatic carbocycles. The number of piperidine rings is 1. The highest BCUT2D eigenvalue weighted by molar-refractivity contribution is 7.87. The molecule has 2 aromatic rings. The minimum absolute atomic E-state index is 0.395. The van der Waals surface area contributed by atoms with Gasteiger partial charge in [0, 0.05) is 4.90 Å². The molecule has 0 saturated carbocycles. The summed E-state index contributed by atoms with van der Waals surface area (Å²) in [6.07, 6.45) is 1.04. The maximum absolute atomic E-state index is 13.2. The first-order valence-electron chi connectivity index (χ1n) is 8.57. The van der Waals surface area contributed by atoms with Crippen LogP contribution in [-0.2, 0) is 20.3 Å². The van der Waals surface area contributed by atoms with Gasteiger partial charge in [0.1, 0.15) is 16.2 Å². The van der Waals surface area contributed by atoms with Gasteiger partial charge in [0.25, 0.3) is 0 Å². The van der Waals surface area contributed by atoms with Crippen LogP contribution in [-0.4, -0.2) is 47.1 Å². The van der Waals surface area contributed by atoms with E-state index in [-0.39, 0.29) is 0 Å². The number of benzene rings is 2. The molecule has 1 fully saturated rings. The molecule has 26 heavy (non-hydrogen) atoms. The van der Waals surface area contributed by atoms with Crippen molar-refractivity contribution < 1.29 is 18.5 Å². The average Bonchev–Trinajstić information content (AvgIpc) is 2.69. The molecular formula is C20H23NO4S. The summed E-state index contributed by atoms with van der Waals surface area (Å²) in [5.74, 6) is 1.00. The van der Waals surface area contributed by atoms with Gasteiger partial charge in [-0.3, -0.25) is 9.00 Å². The third-order valence-electron chi connectivity index (χ3n) is 4.72. The Morgan fingerprint density at radius 3 is 2.15 bits per heavy atom. The molecule has 1 saturated heterocycles. The van der Waals surface area contributed by atoms with Crippen LogP contribution in [0.25, 0.3) is 0 Å². The number of nitrogens with zero attached hydrogens (tertiary/aromatic N) is 1. The molecule has 5 nitrogen and oxygen atoms in total. The van der Waals surface area contributed by atoms with Gasteiger partial charge in [-0.1, -0.05) is 18.2 Å². The molecule has 0 bridgehead atoms. The van der Waals surface area contributed by atoms with Crippen molar-refractivity contribution in [1.29, 1.82) is 0 Å². The maximum atomic E-state index is 13.2. The van der Waals surface area contributed by atoms with Crippen molar-refractivity contribution in [2.45, 2.75) is 22.5 Å². The number of carbonyl (C=O) groups is 1. The van der Waals surface area contributed by atoms with Crippen molar-refractivity contribution in [3.63, 3.8) is 0 Å². The smallest absolute Gasteiger partial charge is 0.325 e. The monoisotopic (exact) mass is 373 g/mol. The second-order valence-corrected chi connectivity index (χ2v) is 8.23. The first kappa shape index (κ1) is 18.6. The van der Waals surface area contributed by atoms with E-state index in [9.17, 15) is 9.00 Å². The van der Waals surface area contributed by atoms with Crippen molar-refractivity contribution >= 4 is 16.8 Å². The van der Waals surface area contributed by atoms with Crippen LogP contribution in [0.5, 0.6) is 11.5 Å². The van der Waals surface area contributed by atoms with Gasteiger partial charge in [-0.15, -0.1) is 0 Å². The fourth-order valence-electron chi connectivity index (χ4n) is 3.11. The summed E-state index contributed by atoms with van der Waals surface area (Å²) < 4.78 is 23.0. The lowest BCUT2D eigenvalue weighted by Crippen LogP contribution is -2.51. The molecule has 1 atom stereocenters. The zero-order chi connectivity index (χ0) is 18.6. The standard InChI is InChI=1S/C20H23NO4S/c1-21-14-12-20(13-15-21,19(22)24-2)26(23)18-10-8-17(9-11-18)25-16-6-4-3-5-7-16/h3-11H,12-15H2,1-2H3. The van der Waals surface area contributed by atoms with E-state index in [1.165, 1.54) is 7.11 Å². The first-order chi connectivity index (χ1) is 12.5. The van der Waals surface area contributed by atoms with E-state index in [1.54, 1.807) is 24.3 Å². The van der Waals surface area contributed by atoms with E-state index in [4.69, 9.17) is 9.47 Å². The second-order valence-electron chi connectivity index (χ2n) is 6.44. The van der Waals surface area contributed by atoms with E-state index < -0.39 is 21.5 Å². The number of hydrogen-bond donors (Lipinski definition) is 0. The van der Waals surface area contributed by atoms with Crippen LogP contribution in [0.1, 0.15) is 12.8 Å². The van der Waals surface area contributed by atoms with Gasteiger partial charge in [0.05, 0.1) is 17.9 Å². The number of carbonyl (C=O) groups excluding carboxylic acids is 1. The largest absolute Gasteiger partial charge is 0.468 e. The van der Waals surface area contributed by atoms with Gasteiger partial charge < -0.3 is 14.4 Å². The van der Waals surface area contributed by atoms with Gasteiger partial charge in [-0.25, -0.2) is 0 Å². The lowest BCUT2D eigenvalue weighted by atomic mass is 9.96. The van der Waals surface area contributed by atoms with Crippen LogP contribution in [0.15, 0.2) is 59.5 Å². The number of esters is 1. The number of methoxy groups -OCH3 is 1. The fourth-order valence-corrected chi connectivity index (χ4v) is 4.73. The summed E-state index contributed by atoms with van der Waals surface area (Å²) in [5, 5.41) is 0. The van der Waals surface area contributed by atoms with Crippen LogP contribution in [0, 0.1) is 0 Å². The van der Waals surface area contributed by atoms with Gasteiger partial charge in [-0.05, 0) is 69.4 Å².